The highest BCUT2D eigenvalue weighted by molar-refractivity contribution is 5.54. The lowest BCUT2D eigenvalue weighted by molar-refractivity contribution is 0.473. The van der Waals surface area contributed by atoms with Crippen LogP contribution in [0.2, 0.25) is 0 Å². The Morgan fingerprint density at radius 3 is 3.15 bits per heavy atom. The molecule has 1 N–H and O–H groups in total. The maximum absolute atomic E-state index is 9.49. The number of hydrogen-bond acceptors (Lipinski definition) is 3. The van der Waals surface area contributed by atoms with Crippen molar-refractivity contribution < 1.29 is 5.11 Å². The molecule has 0 amide bonds. The Bertz CT molecular complexity index is 358. The van der Waals surface area contributed by atoms with Crippen molar-refractivity contribution in [1.82, 2.24) is 4.98 Å². The average molecular weight is 173 g/mol. The molecular weight excluding hydrogens is 164 g/mol. The molecule has 2 heterocycles. The molecule has 13 heavy (non-hydrogen) atoms. The van der Waals surface area contributed by atoms with Crippen LogP contribution in [0, 0.1) is 6.08 Å². The summed E-state index contributed by atoms with van der Waals surface area (Å²) >= 11 is 0. The van der Waals surface area contributed by atoms with Crippen LogP contribution in [0.15, 0.2) is 36.7 Å². The monoisotopic (exact) mass is 173 g/mol. The number of nitrogens with zero attached hydrogens (tertiary/aromatic N) is 2. The van der Waals surface area contributed by atoms with Crippen LogP contribution in [0.1, 0.15) is 0 Å². The normalized spacial score (nSPS) is 14.9. The van der Waals surface area contributed by atoms with Crippen LogP contribution in [0.3, 0.4) is 0 Å². The standard InChI is InChI=1S/C10H9N2O/c13-9-5-4-6-11-10(9)12-7-2-1-3-8-12/h1-2,4-6,8,13H,7H2. The van der Waals surface area contributed by atoms with Gasteiger partial charge in [0.1, 0.15) is 0 Å². The first-order chi connectivity index (χ1) is 6.38. The summed E-state index contributed by atoms with van der Waals surface area (Å²) in [7, 11) is 0. The minimum Gasteiger partial charge on any atom is -0.504 e. The maximum atomic E-state index is 9.49. The summed E-state index contributed by atoms with van der Waals surface area (Å²) in [4.78, 5) is 5.90. The molecule has 3 nitrogen and oxygen atoms in total. The van der Waals surface area contributed by atoms with E-state index in [4.69, 9.17) is 0 Å². The topological polar surface area (TPSA) is 36.4 Å². The van der Waals surface area contributed by atoms with Crippen molar-refractivity contribution in [3.8, 4) is 5.75 Å². The van der Waals surface area contributed by atoms with Crippen LogP contribution in [0.5, 0.6) is 5.75 Å². The number of hydrogen-bond donors (Lipinski definition) is 1. The molecule has 1 aliphatic rings. The Morgan fingerprint density at radius 1 is 1.54 bits per heavy atom. The van der Waals surface area contributed by atoms with Gasteiger partial charge in [-0.1, -0.05) is 12.2 Å². The molecule has 65 valence electrons. The van der Waals surface area contributed by atoms with Gasteiger partial charge in [-0.3, -0.25) is 0 Å². The molecule has 1 aromatic rings. The van der Waals surface area contributed by atoms with Gasteiger partial charge in [-0.2, -0.15) is 0 Å². The van der Waals surface area contributed by atoms with Gasteiger partial charge in [0.15, 0.2) is 11.6 Å². The van der Waals surface area contributed by atoms with Crippen LogP contribution in [0.25, 0.3) is 0 Å². The smallest absolute Gasteiger partial charge is 0.175 e. The van der Waals surface area contributed by atoms with E-state index < -0.39 is 0 Å². The highest BCUT2D eigenvalue weighted by Gasteiger charge is 2.08. The van der Waals surface area contributed by atoms with E-state index in [1.807, 2.05) is 17.1 Å². The summed E-state index contributed by atoms with van der Waals surface area (Å²) in [5.41, 5.74) is 0. The molecular formula is C10H9N2O. The summed E-state index contributed by atoms with van der Waals surface area (Å²) in [6.45, 7) is 0.720. The lowest BCUT2D eigenvalue weighted by Crippen LogP contribution is -2.18. The molecule has 0 atom stereocenters. The molecule has 0 fully saturated rings. The zero-order valence-electron chi connectivity index (χ0n) is 7.01. The lowest BCUT2D eigenvalue weighted by Gasteiger charge is -2.19. The number of rotatable bonds is 1. The minimum absolute atomic E-state index is 0.191. The predicted molar refractivity (Wildman–Crippen MR) is 50.2 cm³/mol. The Kier molecular flexibility index (Phi) is 2.00. The summed E-state index contributed by atoms with van der Waals surface area (Å²) < 4.78 is 0. The summed E-state index contributed by atoms with van der Waals surface area (Å²) in [5.74, 6) is 0.759. The Labute approximate surface area is 76.6 Å². The Balaban J connectivity index is 2.30. The van der Waals surface area contributed by atoms with Gasteiger partial charge in [0.05, 0.1) is 0 Å². The fraction of sp³-hybridized carbons (Fsp3) is 0.100. The first-order valence-electron chi connectivity index (χ1n) is 4.03. The largest absolute Gasteiger partial charge is 0.504 e. The van der Waals surface area contributed by atoms with E-state index in [1.165, 1.54) is 0 Å². The van der Waals surface area contributed by atoms with E-state index in [1.54, 1.807) is 24.5 Å². The second-order valence-electron chi connectivity index (χ2n) is 2.70. The van der Waals surface area contributed by atoms with Gasteiger partial charge in [0.2, 0.25) is 0 Å². The van der Waals surface area contributed by atoms with Crippen LogP contribution in [0.4, 0.5) is 5.82 Å². The molecule has 0 bridgehead atoms. The van der Waals surface area contributed by atoms with Crippen LogP contribution in [-0.4, -0.2) is 16.6 Å². The van der Waals surface area contributed by atoms with Crippen molar-refractivity contribution in [1.29, 1.82) is 0 Å². The van der Waals surface area contributed by atoms with Gasteiger partial charge in [-0.05, 0) is 18.2 Å². The van der Waals surface area contributed by atoms with Crippen molar-refractivity contribution in [2.45, 2.75) is 0 Å². The first-order valence-corrected chi connectivity index (χ1v) is 4.03. The lowest BCUT2D eigenvalue weighted by atomic mass is 10.3. The van der Waals surface area contributed by atoms with E-state index >= 15 is 0 Å². The molecule has 0 unspecified atom stereocenters. The maximum Gasteiger partial charge on any atom is 0.175 e. The highest BCUT2D eigenvalue weighted by Crippen LogP contribution is 2.24. The van der Waals surface area contributed by atoms with Gasteiger partial charge in [-0.25, -0.2) is 4.98 Å². The van der Waals surface area contributed by atoms with Gasteiger partial charge in [-0.15, -0.1) is 0 Å². The number of aromatic nitrogens is 1. The number of pyridine rings is 1. The molecule has 1 radical (unpaired) electrons. The first kappa shape index (κ1) is 7.86. The Morgan fingerprint density at radius 2 is 2.46 bits per heavy atom. The van der Waals surface area contributed by atoms with Gasteiger partial charge in [0.25, 0.3) is 0 Å². The summed E-state index contributed by atoms with van der Waals surface area (Å²) in [6, 6.07) is 3.32. The van der Waals surface area contributed by atoms with E-state index in [9.17, 15) is 5.11 Å². The SMILES string of the molecule is Oc1cccnc1N1C=[C]C=CC1. The fourth-order valence-electron chi connectivity index (χ4n) is 1.18. The van der Waals surface area contributed by atoms with Crippen LogP contribution in [-0.2, 0) is 0 Å². The van der Waals surface area contributed by atoms with E-state index in [2.05, 4.69) is 11.1 Å². The zero-order valence-corrected chi connectivity index (χ0v) is 7.01. The molecule has 2 rings (SSSR count). The van der Waals surface area contributed by atoms with Gasteiger partial charge >= 0.3 is 0 Å². The van der Waals surface area contributed by atoms with Crippen LogP contribution >= 0.6 is 0 Å². The quantitative estimate of drug-likeness (QED) is 0.698. The summed E-state index contributed by atoms with van der Waals surface area (Å²) in [6.07, 6.45) is 10.1. The molecule has 1 aromatic heterocycles. The van der Waals surface area contributed by atoms with Crippen molar-refractivity contribution in [2.75, 3.05) is 11.4 Å². The summed E-state index contributed by atoms with van der Waals surface area (Å²) in [5, 5.41) is 9.49. The van der Waals surface area contributed by atoms with E-state index in [-0.39, 0.29) is 5.75 Å². The van der Waals surface area contributed by atoms with Crippen molar-refractivity contribution >= 4 is 5.82 Å². The van der Waals surface area contributed by atoms with Crippen molar-refractivity contribution in [3.05, 3.63) is 42.8 Å². The van der Waals surface area contributed by atoms with E-state index in [0.717, 1.165) is 6.54 Å². The number of allylic oxidation sites excluding steroid dienone is 2. The number of aromatic hydroxyl groups is 1. The Hall–Kier alpha value is -1.77. The number of anilines is 1. The second-order valence-corrected chi connectivity index (χ2v) is 2.70. The van der Waals surface area contributed by atoms with Crippen LogP contribution < -0.4 is 4.90 Å². The third-order valence-electron chi connectivity index (χ3n) is 1.78. The molecule has 0 aromatic carbocycles. The second kappa shape index (κ2) is 3.31. The van der Waals surface area contributed by atoms with Crippen molar-refractivity contribution in [3.63, 3.8) is 0 Å². The highest BCUT2D eigenvalue weighted by atomic mass is 16.3. The molecule has 3 heteroatoms. The molecule has 0 spiro atoms. The predicted octanol–water partition coefficient (Wildman–Crippen LogP) is 1.48. The van der Waals surface area contributed by atoms with Gasteiger partial charge < -0.3 is 10.0 Å². The molecule has 1 aliphatic heterocycles. The van der Waals surface area contributed by atoms with Gasteiger partial charge in [0, 0.05) is 18.9 Å². The third kappa shape index (κ3) is 1.54. The average Bonchev–Trinajstić information content (AvgIpc) is 2.20. The minimum atomic E-state index is 0.191. The van der Waals surface area contributed by atoms with E-state index in [0.29, 0.717) is 5.82 Å². The molecule has 0 saturated heterocycles. The molecule has 0 saturated carbocycles. The molecule has 0 aliphatic carbocycles. The third-order valence-corrected chi connectivity index (χ3v) is 1.78. The fourth-order valence-corrected chi connectivity index (χ4v) is 1.18. The zero-order chi connectivity index (χ0) is 9.10. The van der Waals surface area contributed by atoms with Crippen molar-refractivity contribution in [2.24, 2.45) is 0 Å².